The minimum Gasteiger partial charge on any atom is -0.355 e. The Morgan fingerprint density at radius 1 is 1.31 bits per heavy atom. The molecule has 0 aliphatic heterocycles. The van der Waals surface area contributed by atoms with Gasteiger partial charge in [0.1, 0.15) is 21.9 Å². The van der Waals surface area contributed by atoms with E-state index in [-0.39, 0.29) is 32.8 Å². The van der Waals surface area contributed by atoms with Crippen LogP contribution in [-0.2, 0) is 16.1 Å². The number of hydrogen-bond acceptors (Lipinski definition) is 6. The van der Waals surface area contributed by atoms with Crippen molar-refractivity contribution < 1.29 is 14.0 Å². The average molecular weight is 498 g/mol. The van der Waals surface area contributed by atoms with Crippen LogP contribution in [0.5, 0.6) is 0 Å². The molecule has 0 fully saturated rings. The third kappa shape index (κ3) is 7.05. The number of rotatable bonds is 7. The van der Waals surface area contributed by atoms with Crippen LogP contribution in [0.3, 0.4) is 0 Å². The second-order valence-electron chi connectivity index (χ2n) is 8.44. The van der Waals surface area contributed by atoms with Crippen LogP contribution in [0.2, 0.25) is 0 Å². The molecule has 0 unspecified atom stereocenters. The lowest BCUT2D eigenvalue weighted by atomic mass is 9.94. The summed E-state index contributed by atoms with van der Waals surface area (Å²) >= 11 is 1.02. The van der Waals surface area contributed by atoms with Crippen molar-refractivity contribution in [3.05, 3.63) is 55.6 Å². The molecule has 1 aromatic carbocycles. The molecule has 1 aromatic heterocycles. The summed E-state index contributed by atoms with van der Waals surface area (Å²) in [5.74, 6) is -0.784. The number of alkyl halides is 1. The number of anilines is 2. The van der Waals surface area contributed by atoms with E-state index in [1.165, 1.54) is 10.8 Å². The van der Waals surface area contributed by atoms with E-state index in [0.717, 1.165) is 11.3 Å². The van der Waals surface area contributed by atoms with Crippen LogP contribution in [0.4, 0.5) is 15.8 Å². The predicted molar refractivity (Wildman–Crippen MR) is 136 cm³/mol. The minimum atomic E-state index is -0.758. The van der Waals surface area contributed by atoms with Gasteiger partial charge in [0, 0.05) is 43.1 Å². The molecular weight excluding hydrogens is 469 g/mol. The van der Waals surface area contributed by atoms with Crippen molar-refractivity contribution in [3.8, 4) is 6.07 Å². The van der Waals surface area contributed by atoms with E-state index in [4.69, 9.17) is 0 Å². The summed E-state index contributed by atoms with van der Waals surface area (Å²) < 4.78 is 14.2. The third-order valence-electron chi connectivity index (χ3n) is 4.77. The van der Waals surface area contributed by atoms with Gasteiger partial charge in [0.05, 0.1) is 0 Å². The Morgan fingerprint density at radius 2 is 2.03 bits per heavy atom. The molecule has 0 radical (unpaired) electrons. The second-order valence-corrected chi connectivity index (χ2v) is 9.44. The number of halogens is 1. The zero-order chi connectivity index (χ0) is 26.2. The molecule has 0 saturated heterocycles. The molecule has 0 aliphatic rings. The number of nitriles is 1. The monoisotopic (exact) mass is 497 g/mol. The number of nitrogens with zero attached hydrogens (tertiary/aromatic N) is 3. The SMILES string of the molecule is CCn1c(=C=C(C#N)C(=O)NCCF)sc(=C=CNc2cccc(N(C)C(=O)C(C)(C)C)c2)c1=O. The number of aromatic nitrogens is 1. The van der Waals surface area contributed by atoms with E-state index in [1.54, 1.807) is 31.0 Å². The first-order chi connectivity index (χ1) is 16.5. The lowest BCUT2D eigenvalue weighted by Gasteiger charge is -2.26. The van der Waals surface area contributed by atoms with Gasteiger partial charge < -0.3 is 15.5 Å². The first-order valence-electron chi connectivity index (χ1n) is 10.9. The Hall–Kier alpha value is -3.89. The molecule has 2 rings (SSSR count). The largest absolute Gasteiger partial charge is 0.355 e. The maximum atomic E-state index is 12.7. The fourth-order valence-electron chi connectivity index (χ4n) is 2.98. The van der Waals surface area contributed by atoms with Gasteiger partial charge in [-0.2, -0.15) is 5.26 Å². The average Bonchev–Trinajstić information content (AvgIpc) is 3.13. The maximum absolute atomic E-state index is 12.7. The zero-order valence-electron chi connectivity index (χ0n) is 20.4. The fourth-order valence-corrected chi connectivity index (χ4v) is 3.97. The zero-order valence-corrected chi connectivity index (χ0v) is 21.2. The maximum Gasteiger partial charge on any atom is 0.277 e. The molecule has 1 heterocycles. The van der Waals surface area contributed by atoms with Crippen molar-refractivity contribution in [2.24, 2.45) is 5.41 Å². The van der Waals surface area contributed by atoms with Gasteiger partial charge in [0.25, 0.3) is 11.5 Å². The van der Waals surface area contributed by atoms with E-state index in [2.05, 4.69) is 22.1 Å². The molecule has 0 spiro atoms. The summed E-state index contributed by atoms with van der Waals surface area (Å²) in [6.07, 6.45) is 1.48. The number of amides is 2. The number of nitrogens with one attached hydrogen (secondary N) is 2. The molecule has 0 saturated carbocycles. The topological polar surface area (TPSA) is 107 Å². The Morgan fingerprint density at radius 3 is 2.63 bits per heavy atom. The molecule has 0 atom stereocenters. The Balaban J connectivity index is 2.45. The molecule has 184 valence electrons. The molecule has 0 aliphatic carbocycles. The molecule has 2 amide bonds. The number of hydrogen-bond donors (Lipinski definition) is 2. The van der Waals surface area contributed by atoms with Crippen LogP contribution < -0.4 is 30.3 Å². The third-order valence-corrected chi connectivity index (χ3v) is 5.78. The van der Waals surface area contributed by atoms with E-state index >= 15 is 0 Å². The molecule has 35 heavy (non-hydrogen) atoms. The van der Waals surface area contributed by atoms with Crippen LogP contribution in [0, 0.1) is 16.7 Å². The standard InChI is InChI=1S/C25H28FN5O3S/c1-6-31-21(14-17(16-27)22(32)29-13-11-26)35-20(23(31)33)10-12-28-18-8-7-9-19(15-18)30(5)24(34)25(2,3)4/h7-9,12,15,28H,6,11,13H2,1-5H3,(H,29,32). The Labute approximate surface area is 207 Å². The summed E-state index contributed by atoms with van der Waals surface area (Å²) in [6.45, 7) is 6.64. The normalized spacial score (nSPS) is 10.4. The number of carbonyl (C=O) groups is 2. The fraction of sp³-hybridized carbons (Fsp3) is 0.360. The molecule has 2 aromatic rings. The van der Waals surface area contributed by atoms with Crippen LogP contribution in [-0.4, -0.2) is 36.6 Å². The molecular formula is C25H28FN5O3S. The number of thiazole rings is 1. The van der Waals surface area contributed by atoms with Crippen LogP contribution >= 0.6 is 11.3 Å². The summed E-state index contributed by atoms with van der Waals surface area (Å²) in [5.41, 5.74) is 5.75. The number of carbonyl (C=O) groups excluding carboxylic acids is 2. The first kappa shape index (κ1) is 27.4. The summed E-state index contributed by atoms with van der Waals surface area (Å²) in [4.78, 5) is 38.8. The van der Waals surface area contributed by atoms with E-state index < -0.39 is 18.0 Å². The highest BCUT2D eigenvalue weighted by Gasteiger charge is 2.25. The smallest absolute Gasteiger partial charge is 0.277 e. The number of benzene rings is 1. The van der Waals surface area contributed by atoms with Crippen molar-refractivity contribution in [2.45, 2.75) is 34.2 Å². The van der Waals surface area contributed by atoms with E-state index in [9.17, 15) is 24.0 Å². The van der Waals surface area contributed by atoms with Crippen molar-refractivity contribution >= 4 is 46.0 Å². The lowest BCUT2D eigenvalue weighted by molar-refractivity contribution is -0.125. The van der Waals surface area contributed by atoms with Gasteiger partial charge in [-0.05, 0) is 25.1 Å². The van der Waals surface area contributed by atoms with Gasteiger partial charge in [-0.15, -0.1) is 0 Å². The van der Waals surface area contributed by atoms with Crippen LogP contribution in [0.15, 0.2) is 40.8 Å². The molecule has 8 nitrogen and oxygen atoms in total. The van der Waals surface area contributed by atoms with Gasteiger partial charge >= 0.3 is 0 Å². The van der Waals surface area contributed by atoms with Gasteiger partial charge in [0.15, 0.2) is 5.57 Å². The molecule has 0 bridgehead atoms. The van der Waals surface area contributed by atoms with Crippen LogP contribution in [0.1, 0.15) is 27.7 Å². The summed E-state index contributed by atoms with van der Waals surface area (Å²) in [5, 5.41) is 14.6. The van der Waals surface area contributed by atoms with Gasteiger partial charge in [0.2, 0.25) is 5.91 Å². The van der Waals surface area contributed by atoms with Crippen LogP contribution in [0.25, 0.3) is 11.5 Å². The quantitative estimate of drug-likeness (QED) is 0.449. The summed E-state index contributed by atoms with van der Waals surface area (Å²) in [7, 11) is 1.71. The molecule has 2 N–H and O–H groups in total. The van der Waals surface area contributed by atoms with Crippen molar-refractivity contribution in [3.63, 3.8) is 0 Å². The predicted octanol–water partition coefficient (Wildman–Crippen LogP) is 1.86. The highest BCUT2D eigenvalue weighted by Crippen LogP contribution is 2.24. The van der Waals surface area contributed by atoms with E-state index in [1.807, 2.05) is 39.0 Å². The first-order valence-corrected chi connectivity index (χ1v) is 11.7. The molecule has 10 heteroatoms. The summed E-state index contributed by atoms with van der Waals surface area (Å²) in [6, 6.07) is 8.98. The highest BCUT2D eigenvalue weighted by atomic mass is 32.1. The highest BCUT2D eigenvalue weighted by molar-refractivity contribution is 7.07. The van der Waals surface area contributed by atoms with Crippen molar-refractivity contribution in [1.29, 1.82) is 5.26 Å². The second kappa shape index (κ2) is 12.0. The minimum absolute atomic E-state index is 0.0256. The van der Waals surface area contributed by atoms with E-state index in [0.29, 0.717) is 17.9 Å². The Bertz CT molecular complexity index is 1400. The Kier molecular flexibility index (Phi) is 9.38. The van der Waals surface area contributed by atoms with Gasteiger partial charge in [-0.25, -0.2) is 4.39 Å². The van der Waals surface area contributed by atoms with Gasteiger partial charge in [-0.3, -0.25) is 19.0 Å². The lowest BCUT2D eigenvalue weighted by Crippen LogP contribution is -2.36. The van der Waals surface area contributed by atoms with Crippen molar-refractivity contribution in [1.82, 2.24) is 9.88 Å². The van der Waals surface area contributed by atoms with Crippen molar-refractivity contribution in [2.75, 3.05) is 30.5 Å². The van der Waals surface area contributed by atoms with Gasteiger partial charge in [-0.1, -0.05) is 49.6 Å².